The van der Waals surface area contributed by atoms with Crippen molar-refractivity contribution in [2.75, 3.05) is 11.9 Å². The lowest BCUT2D eigenvalue weighted by Gasteiger charge is -2.13. The molecule has 21 heavy (non-hydrogen) atoms. The Balaban J connectivity index is 1.40. The number of nitrogens with one attached hydrogen (secondary N) is 1. The summed E-state index contributed by atoms with van der Waals surface area (Å²) < 4.78 is 5.96. The van der Waals surface area contributed by atoms with Gasteiger partial charge in [-0.15, -0.1) is 0 Å². The number of rotatable bonds is 3. The Hall–Kier alpha value is -1.67. The number of ether oxygens (including phenoxy) is 1. The first-order valence-corrected chi connectivity index (χ1v) is 7.96. The SMILES string of the molecule is Clc1ccc2c(c1)CC(CNc1ccc3c(c1)CCC3)O2. The smallest absolute Gasteiger partial charge is 0.123 e. The maximum atomic E-state index is 6.03. The molecule has 1 heterocycles. The highest BCUT2D eigenvalue weighted by Crippen LogP contribution is 2.31. The molecule has 2 aromatic rings. The van der Waals surface area contributed by atoms with E-state index in [1.807, 2.05) is 18.2 Å². The van der Waals surface area contributed by atoms with Crippen LogP contribution in [0.25, 0.3) is 0 Å². The van der Waals surface area contributed by atoms with Crippen molar-refractivity contribution in [2.45, 2.75) is 31.8 Å². The fourth-order valence-corrected chi connectivity index (χ4v) is 3.51. The van der Waals surface area contributed by atoms with Crippen LogP contribution in [-0.4, -0.2) is 12.6 Å². The third-order valence-corrected chi connectivity index (χ3v) is 4.63. The van der Waals surface area contributed by atoms with Gasteiger partial charge in [-0.3, -0.25) is 0 Å². The van der Waals surface area contributed by atoms with Crippen molar-refractivity contribution in [1.82, 2.24) is 0 Å². The largest absolute Gasteiger partial charge is 0.488 e. The molecule has 1 atom stereocenters. The molecule has 0 fully saturated rings. The maximum Gasteiger partial charge on any atom is 0.123 e. The molecule has 1 unspecified atom stereocenters. The maximum absolute atomic E-state index is 6.03. The molecule has 1 aliphatic carbocycles. The quantitative estimate of drug-likeness (QED) is 0.915. The van der Waals surface area contributed by atoms with Gasteiger partial charge in [0.25, 0.3) is 0 Å². The lowest BCUT2D eigenvalue weighted by Crippen LogP contribution is -2.23. The van der Waals surface area contributed by atoms with Crippen molar-refractivity contribution in [2.24, 2.45) is 0 Å². The first-order chi connectivity index (χ1) is 10.3. The standard InChI is InChI=1S/C18H18ClNO/c19-15-5-7-18-14(8-15)10-17(21-18)11-20-16-6-4-12-2-1-3-13(12)9-16/h4-9,17,20H,1-3,10-11H2. The molecule has 0 bridgehead atoms. The highest BCUT2D eigenvalue weighted by atomic mass is 35.5. The number of benzene rings is 2. The van der Waals surface area contributed by atoms with E-state index in [1.165, 1.54) is 41.6 Å². The average molecular weight is 300 g/mol. The lowest BCUT2D eigenvalue weighted by atomic mass is 10.1. The summed E-state index contributed by atoms with van der Waals surface area (Å²) in [7, 11) is 0. The van der Waals surface area contributed by atoms with Crippen molar-refractivity contribution in [3.63, 3.8) is 0 Å². The topological polar surface area (TPSA) is 21.3 Å². The van der Waals surface area contributed by atoms with E-state index in [2.05, 4.69) is 23.5 Å². The van der Waals surface area contributed by atoms with Gasteiger partial charge in [0, 0.05) is 17.1 Å². The summed E-state index contributed by atoms with van der Waals surface area (Å²) in [5, 5.41) is 4.29. The zero-order valence-corrected chi connectivity index (χ0v) is 12.6. The molecule has 0 radical (unpaired) electrons. The molecular formula is C18H18ClNO. The molecule has 0 aromatic heterocycles. The normalized spacial score (nSPS) is 19.0. The summed E-state index contributed by atoms with van der Waals surface area (Å²) in [6.45, 7) is 0.824. The highest BCUT2D eigenvalue weighted by Gasteiger charge is 2.22. The minimum atomic E-state index is 0.187. The predicted molar refractivity (Wildman–Crippen MR) is 86.5 cm³/mol. The number of fused-ring (bicyclic) bond motifs is 2. The first-order valence-electron chi connectivity index (χ1n) is 7.59. The monoisotopic (exact) mass is 299 g/mol. The molecule has 3 heteroatoms. The Morgan fingerprint density at radius 1 is 1.05 bits per heavy atom. The Labute approximate surface area is 130 Å². The molecule has 108 valence electrons. The van der Waals surface area contributed by atoms with Gasteiger partial charge in [0.2, 0.25) is 0 Å². The van der Waals surface area contributed by atoms with Crippen molar-refractivity contribution >= 4 is 17.3 Å². The second-order valence-corrected chi connectivity index (χ2v) is 6.35. The molecule has 0 saturated heterocycles. The number of aryl methyl sites for hydroxylation is 2. The summed E-state index contributed by atoms with van der Waals surface area (Å²) in [4.78, 5) is 0. The fraction of sp³-hybridized carbons (Fsp3) is 0.333. The molecule has 2 aliphatic rings. The van der Waals surface area contributed by atoms with Crippen molar-refractivity contribution in [1.29, 1.82) is 0 Å². The number of anilines is 1. The minimum absolute atomic E-state index is 0.187. The van der Waals surface area contributed by atoms with E-state index in [-0.39, 0.29) is 6.10 Å². The molecule has 0 spiro atoms. The van der Waals surface area contributed by atoms with Crippen LogP contribution in [0.4, 0.5) is 5.69 Å². The van der Waals surface area contributed by atoms with Gasteiger partial charge in [0.1, 0.15) is 11.9 Å². The van der Waals surface area contributed by atoms with E-state index in [9.17, 15) is 0 Å². The van der Waals surface area contributed by atoms with Crippen LogP contribution in [0.3, 0.4) is 0 Å². The Bertz CT molecular complexity index is 683. The predicted octanol–water partition coefficient (Wildman–Crippen LogP) is 4.24. The van der Waals surface area contributed by atoms with Crippen LogP contribution in [0.2, 0.25) is 5.02 Å². The zero-order chi connectivity index (χ0) is 14.2. The van der Waals surface area contributed by atoms with E-state index in [0.717, 1.165) is 23.7 Å². The van der Waals surface area contributed by atoms with Crippen molar-refractivity contribution < 1.29 is 4.74 Å². The van der Waals surface area contributed by atoms with Crippen LogP contribution >= 0.6 is 11.6 Å². The third kappa shape index (κ3) is 2.60. The van der Waals surface area contributed by atoms with Gasteiger partial charge < -0.3 is 10.1 Å². The van der Waals surface area contributed by atoms with Gasteiger partial charge in [0.15, 0.2) is 0 Å². The van der Waals surface area contributed by atoms with Crippen molar-refractivity contribution in [3.8, 4) is 5.75 Å². The molecule has 2 aromatic carbocycles. The van der Waals surface area contributed by atoms with E-state index in [1.54, 1.807) is 0 Å². The second-order valence-electron chi connectivity index (χ2n) is 5.91. The summed E-state index contributed by atoms with van der Waals surface area (Å²) >= 11 is 6.03. The summed E-state index contributed by atoms with van der Waals surface area (Å²) in [5.74, 6) is 0.972. The zero-order valence-electron chi connectivity index (χ0n) is 11.9. The number of halogens is 1. The van der Waals surface area contributed by atoms with E-state index in [4.69, 9.17) is 16.3 Å². The Morgan fingerprint density at radius 3 is 2.90 bits per heavy atom. The molecule has 4 rings (SSSR count). The fourth-order valence-electron chi connectivity index (χ4n) is 3.32. The van der Waals surface area contributed by atoms with Crippen LogP contribution in [-0.2, 0) is 19.3 Å². The Kier molecular flexibility index (Phi) is 3.27. The molecule has 0 amide bonds. The molecule has 1 aliphatic heterocycles. The van der Waals surface area contributed by atoms with E-state index >= 15 is 0 Å². The first kappa shape index (κ1) is 13.0. The van der Waals surface area contributed by atoms with Crippen LogP contribution in [0.5, 0.6) is 5.75 Å². The number of hydrogen-bond acceptors (Lipinski definition) is 2. The van der Waals surface area contributed by atoms with Gasteiger partial charge >= 0.3 is 0 Å². The minimum Gasteiger partial charge on any atom is -0.488 e. The van der Waals surface area contributed by atoms with E-state index in [0.29, 0.717) is 0 Å². The second kappa shape index (κ2) is 5.27. The van der Waals surface area contributed by atoms with Crippen LogP contribution in [0.1, 0.15) is 23.1 Å². The average Bonchev–Trinajstić information content (AvgIpc) is 3.09. The highest BCUT2D eigenvalue weighted by molar-refractivity contribution is 6.30. The van der Waals surface area contributed by atoms with Crippen LogP contribution < -0.4 is 10.1 Å². The summed E-state index contributed by atoms with van der Waals surface area (Å²) in [6.07, 6.45) is 4.85. The summed E-state index contributed by atoms with van der Waals surface area (Å²) in [5.41, 5.74) is 5.43. The van der Waals surface area contributed by atoms with Crippen LogP contribution in [0.15, 0.2) is 36.4 Å². The summed E-state index contributed by atoms with van der Waals surface area (Å²) in [6, 6.07) is 12.6. The molecular weight excluding hydrogens is 282 g/mol. The third-order valence-electron chi connectivity index (χ3n) is 4.40. The van der Waals surface area contributed by atoms with Gasteiger partial charge in [-0.1, -0.05) is 17.7 Å². The van der Waals surface area contributed by atoms with Gasteiger partial charge in [-0.2, -0.15) is 0 Å². The Morgan fingerprint density at radius 2 is 1.95 bits per heavy atom. The number of hydrogen-bond donors (Lipinski definition) is 1. The lowest BCUT2D eigenvalue weighted by molar-refractivity contribution is 0.246. The van der Waals surface area contributed by atoms with Crippen molar-refractivity contribution in [3.05, 3.63) is 58.1 Å². The van der Waals surface area contributed by atoms with E-state index < -0.39 is 0 Å². The van der Waals surface area contributed by atoms with Gasteiger partial charge in [0.05, 0.1) is 6.54 Å². The van der Waals surface area contributed by atoms with Gasteiger partial charge in [-0.05, 0) is 66.3 Å². The molecule has 0 saturated carbocycles. The molecule has 1 N–H and O–H groups in total. The van der Waals surface area contributed by atoms with Crippen LogP contribution in [0, 0.1) is 0 Å². The van der Waals surface area contributed by atoms with Gasteiger partial charge in [-0.25, -0.2) is 0 Å². The molecule has 2 nitrogen and oxygen atoms in total.